The fourth-order valence-electron chi connectivity index (χ4n) is 2.04. The molecule has 1 aromatic rings. The van der Waals surface area contributed by atoms with E-state index in [2.05, 4.69) is 11.9 Å². The van der Waals surface area contributed by atoms with Gasteiger partial charge >= 0.3 is 6.18 Å². The third kappa shape index (κ3) is 5.80. The molecule has 20 heavy (non-hydrogen) atoms. The van der Waals surface area contributed by atoms with Crippen LogP contribution in [0.25, 0.3) is 0 Å². The summed E-state index contributed by atoms with van der Waals surface area (Å²) in [6.45, 7) is 4.16. The molecule has 0 spiro atoms. The highest BCUT2D eigenvalue weighted by molar-refractivity contribution is 5.25. The molecule has 0 aromatic carbocycles. The van der Waals surface area contributed by atoms with Crippen LogP contribution in [0.2, 0.25) is 0 Å². The van der Waals surface area contributed by atoms with Gasteiger partial charge in [-0.3, -0.25) is 4.98 Å². The number of alkyl halides is 3. The van der Waals surface area contributed by atoms with E-state index in [1.807, 2.05) is 6.92 Å². The largest absolute Gasteiger partial charge is 0.489 e. The Morgan fingerprint density at radius 3 is 2.45 bits per heavy atom. The molecule has 2 nitrogen and oxygen atoms in total. The number of halogens is 3. The first kappa shape index (κ1) is 16.8. The first-order chi connectivity index (χ1) is 9.47. The molecule has 0 aliphatic rings. The molecule has 1 unspecified atom stereocenters. The van der Waals surface area contributed by atoms with Gasteiger partial charge in [0, 0.05) is 6.20 Å². The zero-order valence-electron chi connectivity index (χ0n) is 12.0. The Morgan fingerprint density at radius 1 is 1.10 bits per heavy atom. The summed E-state index contributed by atoms with van der Waals surface area (Å²) in [5.74, 6) is 0.203. The fraction of sp³-hybridized carbons (Fsp3) is 0.667. The van der Waals surface area contributed by atoms with Crippen LogP contribution in [0.5, 0.6) is 5.75 Å². The lowest BCUT2D eigenvalue weighted by atomic mass is 10.1. The van der Waals surface area contributed by atoms with Gasteiger partial charge in [0.05, 0.1) is 17.9 Å². The van der Waals surface area contributed by atoms with Crippen molar-refractivity contribution >= 4 is 0 Å². The monoisotopic (exact) mass is 289 g/mol. The summed E-state index contributed by atoms with van der Waals surface area (Å²) < 4.78 is 43.5. The van der Waals surface area contributed by atoms with Crippen LogP contribution in [0.15, 0.2) is 18.5 Å². The van der Waals surface area contributed by atoms with Gasteiger partial charge < -0.3 is 4.74 Å². The van der Waals surface area contributed by atoms with Crippen molar-refractivity contribution in [2.24, 2.45) is 0 Å². The number of unbranched alkanes of at least 4 members (excludes halogenated alkanes) is 2. The predicted molar refractivity (Wildman–Crippen MR) is 72.7 cm³/mol. The molecule has 1 heterocycles. The topological polar surface area (TPSA) is 22.1 Å². The van der Waals surface area contributed by atoms with Crippen molar-refractivity contribution in [3.05, 3.63) is 24.0 Å². The van der Waals surface area contributed by atoms with Crippen LogP contribution in [0.3, 0.4) is 0 Å². The van der Waals surface area contributed by atoms with E-state index in [-0.39, 0.29) is 11.9 Å². The zero-order chi connectivity index (χ0) is 15.0. The number of rotatable bonds is 8. The Morgan fingerprint density at radius 2 is 1.85 bits per heavy atom. The lowest BCUT2D eigenvalue weighted by Gasteiger charge is -2.19. The third-order valence-electron chi connectivity index (χ3n) is 3.08. The van der Waals surface area contributed by atoms with Crippen molar-refractivity contribution in [2.45, 2.75) is 64.7 Å². The van der Waals surface area contributed by atoms with Crippen molar-refractivity contribution in [2.75, 3.05) is 0 Å². The van der Waals surface area contributed by atoms with Gasteiger partial charge in [0.25, 0.3) is 0 Å². The summed E-state index contributed by atoms with van der Waals surface area (Å²) in [4.78, 5) is 3.62. The second-order valence-corrected chi connectivity index (χ2v) is 4.93. The Balaban J connectivity index is 2.67. The van der Waals surface area contributed by atoms with Crippen molar-refractivity contribution < 1.29 is 17.9 Å². The highest BCUT2D eigenvalue weighted by Crippen LogP contribution is 2.31. The van der Waals surface area contributed by atoms with E-state index in [1.54, 1.807) is 0 Å². The molecule has 5 heteroatoms. The van der Waals surface area contributed by atoms with Gasteiger partial charge in [-0.1, -0.05) is 33.1 Å². The number of aromatic nitrogens is 1. The quantitative estimate of drug-likeness (QED) is 0.611. The van der Waals surface area contributed by atoms with E-state index >= 15 is 0 Å². The minimum absolute atomic E-state index is 0.0307. The highest BCUT2D eigenvalue weighted by atomic mass is 19.4. The standard InChI is InChI=1S/C15H22F3NO/c1-3-5-6-8-13(7-4-2)20-14-9-12(10-19-11-14)15(16,17)18/h9-11,13H,3-8H2,1-2H3. The first-order valence-corrected chi connectivity index (χ1v) is 7.16. The van der Waals surface area contributed by atoms with Crippen LogP contribution in [0.1, 0.15) is 57.9 Å². The summed E-state index contributed by atoms with van der Waals surface area (Å²) in [5, 5.41) is 0. The van der Waals surface area contributed by atoms with E-state index in [0.29, 0.717) is 0 Å². The second kappa shape index (κ2) is 8.12. The molecular weight excluding hydrogens is 267 g/mol. The maximum atomic E-state index is 12.6. The smallest absolute Gasteiger partial charge is 0.418 e. The Kier molecular flexibility index (Phi) is 6.82. The van der Waals surface area contributed by atoms with E-state index < -0.39 is 11.7 Å². The minimum Gasteiger partial charge on any atom is -0.489 e. The van der Waals surface area contributed by atoms with Gasteiger partial charge in [-0.25, -0.2) is 0 Å². The van der Waals surface area contributed by atoms with Crippen molar-refractivity contribution in [1.29, 1.82) is 0 Å². The van der Waals surface area contributed by atoms with Gasteiger partial charge in [0.15, 0.2) is 0 Å². The average molecular weight is 289 g/mol. The van der Waals surface area contributed by atoms with Crippen LogP contribution >= 0.6 is 0 Å². The molecule has 0 radical (unpaired) electrons. The van der Waals surface area contributed by atoms with Gasteiger partial charge in [-0.15, -0.1) is 0 Å². The molecule has 1 aromatic heterocycles. The summed E-state index contributed by atoms with van der Waals surface area (Å²) in [7, 11) is 0. The van der Waals surface area contributed by atoms with E-state index in [0.717, 1.165) is 50.8 Å². The maximum Gasteiger partial charge on any atom is 0.418 e. The SMILES string of the molecule is CCCCCC(CCC)Oc1cncc(C(F)(F)F)c1. The van der Waals surface area contributed by atoms with Gasteiger partial charge in [0.2, 0.25) is 0 Å². The number of pyridine rings is 1. The molecule has 0 aliphatic carbocycles. The molecule has 0 bridgehead atoms. The van der Waals surface area contributed by atoms with E-state index in [1.165, 1.54) is 6.20 Å². The van der Waals surface area contributed by atoms with E-state index in [4.69, 9.17) is 4.74 Å². The molecule has 114 valence electrons. The molecule has 0 saturated carbocycles. The number of hydrogen-bond donors (Lipinski definition) is 0. The van der Waals surface area contributed by atoms with Crippen molar-refractivity contribution in [1.82, 2.24) is 4.98 Å². The van der Waals surface area contributed by atoms with Crippen LogP contribution < -0.4 is 4.74 Å². The van der Waals surface area contributed by atoms with Crippen LogP contribution in [-0.4, -0.2) is 11.1 Å². The molecule has 1 rings (SSSR count). The molecule has 0 aliphatic heterocycles. The summed E-state index contributed by atoms with van der Waals surface area (Å²) in [5.41, 5.74) is -0.765. The first-order valence-electron chi connectivity index (χ1n) is 7.16. The normalized spacial score (nSPS) is 13.2. The van der Waals surface area contributed by atoms with Crippen molar-refractivity contribution in [3.8, 4) is 5.75 Å². The molecule has 0 saturated heterocycles. The Bertz CT molecular complexity index is 393. The summed E-state index contributed by atoms with van der Waals surface area (Å²) in [6, 6.07) is 1.02. The van der Waals surface area contributed by atoms with Crippen molar-refractivity contribution in [3.63, 3.8) is 0 Å². The molecule has 0 N–H and O–H groups in total. The molecular formula is C15H22F3NO. The summed E-state index contributed by atoms with van der Waals surface area (Å²) in [6.07, 6.45) is 3.69. The number of ether oxygens (including phenoxy) is 1. The molecule has 0 amide bonds. The minimum atomic E-state index is -4.38. The van der Waals surface area contributed by atoms with Crippen LogP contribution in [0, 0.1) is 0 Å². The zero-order valence-corrected chi connectivity index (χ0v) is 12.0. The number of hydrogen-bond acceptors (Lipinski definition) is 2. The Hall–Kier alpha value is -1.26. The number of nitrogens with zero attached hydrogens (tertiary/aromatic N) is 1. The molecule has 1 atom stereocenters. The maximum absolute atomic E-state index is 12.6. The fourth-order valence-corrected chi connectivity index (χ4v) is 2.04. The van der Waals surface area contributed by atoms with Gasteiger partial charge in [0.1, 0.15) is 5.75 Å². The van der Waals surface area contributed by atoms with Gasteiger partial charge in [-0.05, 0) is 25.3 Å². The Labute approximate surface area is 118 Å². The lowest BCUT2D eigenvalue weighted by Crippen LogP contribution is -2.17. The second-order valence-electron chi connectivity index (χ2n) is 4.93. The van der Waals surface area contributed by atoms with Crippen LogP contribution in [-0.2, 0) is 6.18 Å². The predicted octanol–water partition coefficient (Wildman–Crippen LogP) is 5.23. The van der Waals surface area contributed by atoms with E-state index in [9.17, 15) is 13.2 Å². The lowest BCUT2D eigenvalue weighted by molar-refractivity contribution is -0.138. The molecule has 0 fully saturated rings. The summed E-state index contributed by atoms with van der Waals surface area (Å²) >= 11 is 0. The highest BCUT2D eigenvalue weighted by Gasteiger charge is 2.31. The van der Waals surface area contributed by atoms with Crippen LogP contribution in [0.4, 0.5) is 13.2 Å². The third-order valence-corrected chi connectivity index (χ3v) is 3.08. The average Bonchev–Trinajstić information content (AvgIpc) is 2.38. The van der Waals surface area contributed by atoms with Gasteiger partial charge in [-0.2, -0.15) is 13.2 Å².